The summed E-state index contributed by atoms with van der Waals surface area (Å²) >= 11 is 0. The summed E-state index contributed by atoms with van der Waals surface area (Å²) in [5.74, 6) is 6.80. The Morgan fingerprint density at radius 3 is 1.69 bits per heavy atom. The quantitative estimate of drug-likeness (QED) is 0.239. The molecule has 0 rings (SSSR count). The van der Waals surface area contributed by atoms with Gasteiger partial charge >= 0.3 is 0 Å². The molecule has 1 unspecified atom stereocenters. The van der Waals surface area contributed by atoms with Crippen LogP contribution < -0.4 is 0 Å². The fourth-order valence-corrected chi connectivity index (χ4v) is 1.29. The average molecular weight is 367 g/mol. The Morgan fingerprint density at radius 2 is 1.54 bits per heavy atom. The van der Waals surface area contributed by atoms with Gasteiger partial charge in [-0.3, -0.25) is 0 Å². The van der Waals surface area contributed by atoms with Crippen LogP contribution in [0.5, 0.6) is 0 Å². The van der Waals surface area contributed by atoms with Gasteiger partial charge in [0.1, 0.15) is 0 Å². The van der Waals surface area contributed by atoms with Crippen molar-refractivity contribution < 1.29 is 0 Å². The van der Waals surface area contributed by atoms with E-state index in [-0.39, 0.29) is 0 Å². The van der Waals surface area contributed by atoms with Crippen molar-refractivity contribution in [1.29, 1.82) is 0 Å². The number of hydrogen-bond donors (Lipinski definition) is 0. The molecule has 1 atom stereocenters. The molecule has 0 saturated carbocycles. The molecular formula is C26H54. The van der Waals surface area contributed by atoms with Crippen molar-refractivity contribution in [1.82, 2.24) is 0 Å². The van der Waals surface area contributed by atoms with Gasteiger partial charge in [-0.1, -0.05) is 98.8 Å². The monoisotopic (exact) mass is 366 g/mol. The summed E-state index contributed by atoms with van der Waals surface area (Å²) in [5.41, 5.74) is 1.47. The molecule has 0 N–H and O–H groups in total. The maximum absolute atomic E-state index is 3.48. The second-order valence-electron chi connectivity index (χ2n) is 6.02. The first-order valence-corrected chi connectivity index (χ1v) is 11.1. The van der Waals surface area contributed by atoms with E-state index in [0.717, 1.165) is 18.8 Å². The Bertz CT molecular complexity index is 285. The van der Waals surface area contributed by atoms with E-state index in [4.69, 9.17) is 0 Å². The maximum atomic E-state index is 3.48. The molecule has 0 aromatic heterocycles. The van der Waals surface area contributed by atoms with E-state index in [9.17, 15) is 0 Å². The SMILES string of the molecule is C/C=C(/C)CC.C=CCC.CC.CC#CCCCC.CCCC(C)CC. The molecule has 0 spiro atoms. The standard InChI is InChI=1S/C7H16.C7H12.C6H12.C4H8.C2H6/c1-4-6-7(3)5-2;1-3-5-7-6-4-2;1-4-6(3)5-2;1-3-4-2;1-2/h7H,4-6H2,1-3H3;3,5,7H2,1-2H3;4H,5H2,1-3H3;3H,1,4H2,2H3;1-2H3/b;;6-4-;;. The van der Waals surface area contributed by atoms with Crippen molar-refractivity contribution in [3.8, 4) is 11.8 Å². The molecule has 0 bridgehead atoms. The van der Waals surface area contributed by atoms with Gasteiger partial charge in [0, 0.05) is 6.42 Å². The lowest BCUT2D eigenvalue weighted by atomic mass is 10.0. The van der Waals surface area contributed by atoms with Crippen molar-refractivity contribution in [3.63, 3.8) is 0 Å². The molecule has 0 aromatic carbocycles. The van der Waals surface area contributed by atoms with E-state index in [0.29, 0.717) is 0 Å². The van der Waals surface area contributed by atoms with Crippen LogP contribution in [-0.2, 0) is 0 Å². The van der Waals surface area contributed by atoms with Crippen LogP contribution >= 0.6 is 0 Å². The third-order valence-electron chi connectivity index (χ3n) is 3.65. The van der Waals surface area contributed by atoms with Crippen molar-refractivity contribution in [3.05, 3.63) is 24.3 Å². The number of hydrogen-bond acceptors (Lipinski definition) is 0. The van der Waals surface area contributed by atoms with Crippen molar-refractivity contribution in [2.75, 3.05) is 0 Å². The van der Waals surface area contributed by atoms with Gasteiger partial charge in [0.25, 0.3) is 0 Å². The predicted octanol–water partition coefficient (Wildman–Crippen LogP) is 10.0. The van der Waals surface area contributed by atoms with Crippen LogP contribution in [0.25, 0.3) is 0 Å². The zero-order valence-corrected chi connectivity index (χ0v) is 20.6. The highest BCUT2D eigenvalue weighted by Gasteiger charge is 1.92. The molecule has 0 nitrogen and oxygen atoms in total. The zero-order valence-electron chi connectivity index (χ0n) is 20.6. The highest BCUT2D eigenvalue weighted by atomic mass is 14.0. The second-order valence-corrected chi connectivity index (χ2v) is 6.02. The predicted molar refractivity (Wildman–Crippen MR) is 129 cm³/mol. The fourth-order valence-electron chi connectivity index (χ4n) is 1.29. The summed E-state index contributed by atoms with van der Waals surface area (Å²) in [4.78, 5) is 0. The second kappa shape index (κ2) is 44.0. The molecule has 0 aliphatic heterocycles. The summed E-state index contributed by atoms with van der Waals surface area (Å²) in [6, 6.07) is 0. The summed E-state index contributed by atoms with van der Waals surface area (Å²) in [6.45, 7) is 26.8. The van der Waals surface area contributed by atoms with Crippen LogP contribution in [0.15, 0.2) is 24.3 Å². The topological polar surface area (TPSA) is 0 Å². The lowest BCUT2D eigenvalue weighted by molar-refractivity contribution is 0.509. The van der Waals surface area contributed by atoms with E-state index in [2.05, 4.69) is 79.9 Å². The third-order valence-corrected chi connectivity index (χ3v) is 3.65. The lowest BCUT2D eigenvalue weighted by Gasteiger charge is -2.02. The summed E-state index contributed by atoms with van der Waals surface area (Å²) < 4.78 is 0. The molecule has 0 aromatic rings. The first-order valence-electron chi connectivity index (χ1n) is 11.1. The first-order chi connectivity index (χ1) is 12.4. The Morgan fingerprint density at radius 1 is 1.04 bits per heavy atom. The van der Waals surface area contributed by atoms with E-state index >= 15 is 0 Å². The van der Waals surface area contributed by atoms with E-state index in [1.165, 1.54) is 44.1 Å². The minimum atomic E-state index is 0.949. The Kier molecular flexibility index (Phi) is 60.9. The Balaban J connectivity index is -0.0000000742. The van der Waals surface area contributed by atoms with Crippen LogP contribution in [0.4, 0.5) is 0 Å². The van der Waals surface area contributed by atoms with Gasteiger partial charge in [-0.05, 0) is 46.0 Å². The average Bonchev–Trinajstić information content (AvgIpc) is 2.70. The highest BCUT2D eigenvalue weighted by molar-refractivity contribution is 4.94. The largest absolute Gasteiger partial charge is 0.107 e. The molecule has 0 saturated heterocycles. The smallest absolute Gasteiger partial charge is 0.00884 e. The van der Waals surface area contributed by atoms with Gasteiger partial charge in [-0.15, -0.1) is 18.4 Å². The van der Waals surface area contributed by atoms with Gasteiger partial charge in [-0.25, -0.2) is 0 Å². The first kappa shape index (κ1) is 36.0. The van der Waals surface area contributed by atoms with Crippen LogP contribution in [-0.4, -0.2) is 0 Å². The van der Waals surface area contributed by atoms with Crippen molar-refractivity contribution in [2.45, 2.75) is 128 Å². The molecular weight excluding hydrogens is 312 g/mol. The summed E-state index contributed by atoms with van der Waals surface area (Å²) in [7, 11) is 0. The molecule has 158 valence electrons. The van der Waals surface area contributed by atoms with Crippen molar-refractivity contribution in [2.24, 2.45) is 5.92 Å². The Hall–Kier alpha value is -0.960. The molecule has 26 heavy (non-hydrogen) atoms. The van der Waals surface area contributed by atoms with Gasteiger partial charge < -0.3 is 0 Å². The van der Waals surface area contributed by atoms with Crippen LogP contribution in [0.1, 0.15) is 128 Å². The van der Waals surface area contributed by atoms with Gasteiger partial charge in [0.2, 0.25) is 0 Å². The van der Waals surface area contributed by atoms with E-state index in [1.807, 2.05) is 26.8 Å². The molecule has 0 fully saturated rings. The molecule has 0 aliphatic carbocycles. The summed E-state index contributed by atoms with van der Waals surface area (Å²) in [6.07, 6.45) is 14.0. The van der Waals surface area contributed by atoms with Gasteiger partial charge in [0.05, 0.1) is 0 Å². The molecule has 0 radical (unpaired) electrons. The minimum Gasteiger partial charge on any atom is -0.107 e. The highest BCUT2D eigenvalue weighted by Crippen LogP contribution is 2.07. The number of rotatable bonds is 7. The molecule has 0 aliphatic rings. The Labute approximate surface area is 170 Å². The van der Waals surface area contributed by atoms with Crippen LogP contribution in [0, 0.1) is 17.8 Å². The lowest BCUT2D eigenvalue weighted by Crippen LogP contribution is -1.88. The normalized spacial score (nSPS) is 9.73. The van der Waals surface area contributed by atoms with Gasteiger partial charge in [0.15, 0.2) is 0 Å². The molecule has 0 heterocycles. The van der Waals surface area contributed by atoms with E-state index in [1.54, 1.807) is 0 Å². The zero-order chi connectivity index (χ0) is 21.6. The van der Waals surface area contributed by atoms with E-state index < -0.39 is 0 Å². The summed E-state index contributed by atoms with van der Waals surface area (Å²) in [5, 5.41) is 0. The van der Waals surface area contributed by atoms with Crippen LogP contribution in [0.2, 0.25) is 0 Å². The fraction of sp³-hybridized carbons (Fsp3) is 0.769. The minimum absolute atomic E-state index is 0.949. The number of unbranched alkanes of at least 4 members (excludes halogenated alkanes) is 2. The van der Waals surface area contributed by atoms with Crippen LogP contribution in [0.3, 0.4) is 0 Å². The number of allylic oxidation sites excluding steroid dienone is 3. The molecule has 0 heteroatoms. The van der Waals surface area contributed by atoms with Gasteiger partial charge in [-0.2, -0.15) is 0 Å². The van der Waals surface area contributed by atoms with Crippen molar-refractivity contribution >= 4 is 0 Å². The maximum Gasteiger partial charge on any atom is 0.00884 e. The molecule has 0 amide bonds. The third kappa shape index (κ3) is 65.8.